The van der Waals surface area contributed by atoms with E-state index in [0.717, 1.165) is 30.6 Å². The molecule has 2 aromatic rings. The molecule has 0 bridgehead atoms. The first-order chi connectivity index (χ1) is 16.5. The topological polar surface area (TPSA) is 68.3 Å². The largest absolute Gasteiger partial charge is 0.494 e. The maximum Gasteiger partial charge on any atom is 0.251 e. The monoisotopic (exact) mass is 468 g/mol. The molecule has 0 spiro atoms. The molecule has 2 amide bonds. The maximum absolute atomic E-state index is 13.1. The van der Waals surface area contributed by atoms with Crippen molar-refractivity contribution in [2.24, 2.45) is 0 Å². The van der Waals surface area contributed by atoms with Gasteiger partial charge in [-0.3, -0.25) is 14.5 Å². The van der Waals surface area contributed by atoms with Crippen molar-refractivity contribution in [2.45, 2.75) is 51.5 Å². The van der Waals surface area contributed by atoms with E-state index in [-0.39, 0.29) is 18.2 Å². The van der Waals surface area contributed by atoms with Gasteiger partial charge in [0.05, 0.1) is 39.0 Å². The fourth-order valence-corrected chi connectivity index (χ4v) is 4.14. The van der Waals surface area contributed by atoms with Crippen molar-refractivity contribution < 1.29 is 23.8 Å². The van der Waals surface area contributed by atoms with Gasteiger partial charge in [0.2, 0.25) is 5.91 Å². The van der Waals surface area contributed by atoms with Crippen molar-refractivity contribution in [2.75, 3.05) is 39.3 Å². The highest BCUT2D eigenvalue weighted by Crippen LogP contribution is 2.29. The van der Waals surface area contributed by atoms with E-state index < -0.39 is 6.04 Å². The SMILES string of the molecule is CCCCCCOc1ccc(N2C(=O)CC(N(C)CCc3ccc(OC)c(OC)c3)C2=O)cc1. The highest BCUT2D eigenvalue weighted by molar-refractivity contribution is 6.22. The zero-order valence-electron chi connectivity index (χ0n) is 20.7. The molecule has 0 aliphatic carbocycles. The number of imide groups is 1. The van der Waals surface area contributed by atoms with Gasteiger partial charge >= 0.3 is 0 Å². The normalized spacial score (nSPS) is 15.8. The summed E-state index contributed by atoms with van der Waals surface area (Å²) in [5.41, 5.74) is 1.66. The van der Waals surface area contributed by atoms with Gasteiger partial charge in [0.1, 0.15) is 5.75 Å². The summed E-state index contributed by atoms with van der Waals surface area (Å²) in [6, 6.07) is 12.5. The number of methoxy groups -OCH3 is 2. The number of carbonyl (C=O) groups is 2. The summed E-state index contributed by atoms with van der Waals surface area (Å²) in [4.78, 5) is 29.1. The number of likely N-dealkylation sites (N-methyl/N-ethyl adjacent to an activating group) is 1. The van der Waals surface area contributed by atoms with Crippen molar-refractivity contribution in [3.05, 3.63) is 48.0 Å². The highest BCUT2D eigenvalue weighted by atomic mass is 16.5. The van der Waals surface area contributed by atoms with Gasteiger partial charge in [0, 0.05) is 6.54 Å². The summed E-state index contributed by atoms with van der Waals surface area (Å²) < 4.78 is 16.4. The van der Waals surface area contributed by atoms with Gasteiger partial charge in [-0.05, 0) is 61.9 Å². The van der Waals surface area contributed by atoms with Gasteiger partial charge in [-0.25, -0.2) is 4.90 Å². The minimum atomic E-state index is -0.470. The summed E-state index contributed by atoms with van der Waals surface area (Å²) >= 11 is 0. The van der Waals surface area contributed by atoms with Crippen LogP contribution in [0.4, 0.5) is 5.69 Å². The summed E-state index contributed by atoms with van der Waals surface area (Å²) in [6.45, 7) is 3.49. The zero-order valence-corrected chi connectivity index (χ0v) is 20.7. The Morgan fingerprint density at radius 1 is 0.971 bits per heavy atom. The molecule has 1 unspecified atom stereocenters. The van der Waals surface area contributed by atoms with Crippen molar-refractivity contribution >= 4 is 17.5 Å². The number of ether oxygens (including phenoxy) is 3. The number of benzene rings is 2. The third kappa shape index (κ3) is 6.29. The third-order valence-corrected chi connectivity index (χ3v) is 6.22. The average Bonchev–Trinajstić information content (AvgIpc) is 3.16. The second-order valence-corrected chi connectivity index (χ2v) is 8.61. The van der Waals surface area contributed by atoms with E-state index in [2.05, 4.69) is 6.92 Å². The Balaban J connectivity index is 1.56. The molecule has 0 radical (unpaired) electrons. The molecule has 2 aromatic carbocycles. The Labute approximate surface area is 202 Å². The number of anilines is 1. The first-order valence-electron chi connectivity index (χ1n) is 12.0. The van der Waals surface area contributed by atoms with Crippen LogP contribution in [0.1, 0.15) is 44.6 Å². The van der Waals surface area contributed by atoms with E-state index in [1.165, 1.54) is 17.7 Å². The van der Waals surface area contributed by atoms with Crippen LogP contribution in [0.2, 0.25) is 0 Å². The van der Waals surface area contributed by atoms with Crippen molar-refractivity contribution in [3.8, 4) is 17.2 Å². The molecule has 0 aromatic heterocycles. The fourth-order valence-electron chi connectivity index (χ4n) is 4.14. The third-order valence-electron chi connectivity index (χ3n) is 6.22. The number of carbonyl (C=O) groups excluding carboxylic acids is 2. The minimum Gasteiger partial charge on any atom is -0.494 e. The predicted molar refractivity (Wildman–Crippen MR) is 133 cm³/mol. The van der Waals surface area contributed by atoms with Crippen LogP contribution in [0.25, 0.3) is 0 Å². The van der Waals surface area contributed by atoms with Crippen molar-refractivity contribution in [1.29, 1.82) is 0 Å². The molecule has 7 heteroatoms. The summed E-state index contributed by atoms with van der Waals surface area (Å²) in [7, 11) is 5.10. The number of amides is 2. The number of nitrogens with zero attached hydrogens (tertiary/aromatic N) is 2. The minimum absolute atomic E-state index is 0.178. The zero-order chi connectivity index (χ0) is 24.5. The predicted octanol–water partition coefficient (Wildman–Crippen LogP) is 4.47. The van der Waals surface area contributed by atoms with Gasteiger partial charge in [-0.2, -0.15) is 0 Å². The molecule has 1 heterocycles. The molecule has 0 N–H and O–H groups in total. The lowest BCUT2D eigenvalue weighted by Crippen LogP contribution is -2.40. The molecule has 0 saturated carbocycles. The Hall–Kier alpha value is -3.06. The van der Waals surface area contributed by atoms with Crippen molar-refractivity contribution in [3.63, 3.8) is 0 Å². The maximum atomic E-state index is 13.1. The smallest absolute Gasteiger partial charge is 0.251 e. The highest BCUT2D eigenvalue weighted by Gasteiger charge is 2.41. The van der Waals surface area contributed by atoms with E-state index in [4.69, 9.17) is 14.2 Å². The first kappa shape index (κ1) is 25.6. The molecule has 1 aliphatic rings. The van der Waals surface area contributed by atoms with Gasteiger partial charge in [0.15, 0.2) is 11.5 Å². The Bertz CT molecular complexity index is 960. The molecule has 184 valence electrons. The number of hydrogen-bond acceptors (Lipinski definition) is 6. The Morgan fingerprint density at radius 2 is 1.71 bits per heavy atom. The molecule has 7 nitrogen and oxygen atoms in total. The number of rotatable bonds is 13. The molecule has 1 atom stereocenters. The molecule has 34 heavy (non-hydrogen) atoms. The molecule has 1 fully saturated rings. The van der Waals surface area contributed by atoms with Gasteiger partial charge in [0.25, 0.3) is 5.91 Å². The first-order valence-corrected chi connectivity index (χ1v) is 12.0. The lowest BCUT2D eigenvalue weighted by molar-refractivity contribution is -0.122. The van der Waals surface area contributed by atoms with E-state index in [1.54, 1.807) is 26.4 Å². The fraction of sp³-hybridized carbons (Fsp3) is 0.481. The lowest BCUT2D eigenvalue weighted by Gasteiger charge is -2.23. The molecule has 1 aliphatic heterocycles. The Morgan fingerprint density at radius 3 is 2.38 bits per heavy atom. The van der Waals surface area contributed by atoms with Crippen LogP contribution in [0.5, 0.6) is 17.2 Å². The summed E-state index contributed by atoms with van der Waals surface area (Å²) in [5, 5.41) is 0. The average molecular weight is 469 g/mol. The Kier molecular flexibility index (Phi) is 9.33. The van der Waals surface area contributed by atoms with E-state index in [1.807, 2.05) is 42.3 Å². The van der Waals surface area contributed by atoms with E-state index >= 15 is 0 Å². The molecular weight excluding hydrogens is 432 g/mol. The standard InChI is InChI=1S/C27H36N2O5/c1-5-6-7-8-17-34-22-12-10-21(11-13-22)29-26(30)19-23(27(29)31)28(2)16-15-20-9-14-24(32-3)25(18-20)33-4/h9-14,18,23H,5-8,15-17,19H2,1-4H3. The van der Waals surface area contributed by atoms with Crippen LogP contribution < -0.4 is 19.1 Å². The van der Waals surface area contributed by atoms with Crippen LogP contribution >= 0.6 is 0 Å². The quantitative estimate of drug-likeness (QED) is 0.319. The van der Waals surface area contributed by atoms with E-state index in [9.17, 15) is 9.59 Å². The van der Waals surface area contributed by atoms with Gasteiger partial charge in [-0.15, -0.1) is 0 Å². The van der Waals surface area contributed by atoms with Crippen LogP contribution in [0.15, 0.2) is 42.5 Å². The van der Waals surface area contributed by atoms with Gasteiger partial charge < -0.3 is 14.2 Å². The van der Waals surface area contributed by atoms with Crippen LogP contribution in [0, 0.1) is 0 Å². The molecular formula is C27H36N2O5. The van der Waals surface area contributed by atoms with Crippen LogP contribution in [0.3, 0.4) is 0 Å². The van der Waals surface area contributed by atoms with Crippen molar-refractivity contribution in [1.82, 2.24) is 4.90 Å². The van der Waals surface area contributed by atoms with Crippen LogP contribution in [-0.4, -0.2) is 57.2 Å². The molecule has 1 saturated heterocycles. The second-order valence-electron chi connectivity index (χ2n) is 8.61. The number of unbranched alkanes of at least 4 members (excludes halogenated alkanes) is 3. The second kappa shape index (κ2) is 12.4. The lowest BCUT2D eigenvalue weighted by atomic mass is 10.1. The van der Waals surface area contributed by atoms with E-state index in [0.29, 0.717) is 30.3 Å². The summed E-state index contributed by atoms with van der Waals surface area (Å²) in [5.74, 6) is 1.74. The molecule has 3 rings (SSSR count). The van der Waals surface area contributed by atoms with Crippen LogP contribution in [-0.2, 0) is 16.0 Å². The summed E-state index contributed by atoms with van der Waals surface area (Å²) in [6.07, 6.45) is 5.49. The van der Waals surface area contributed by atoms with Gasteiger partial charge in [-0.1, -0.05) is 32.3 Å². The number of hydrogen-bond donors (Lipinski definition) is 0.